The number of nitrogens with zero attached hydrogens (tertiary/aromatic N) is 4. The molecular formula is C14H12N4. The van der Waals surface area contributed by atoms with E-state index in [9.17, 15) is 0 Å². The minimum atomic E-state index is 0.676. The summed E-state index contributed by atoms with van der Waals surface area (Å²) in [6, 6.07) is 11.9. The van der Waals surface area contributed by atoms with Crippen LogP contribution in [-0.4, -0.2) is 19.7 Å². The molecule has 0 aliphatic rings. The minimum absolute atomic E-state index is 0.676. The number of aryl methyl sites for hydroxylation is 1. The van der Waals surface area contributed by atoms with Crippen molar-refractivity contribution in [2.45, 2.75) is 6.92 Å². The SMILES string of the molecule is Cc1ccc(-n2nccc2-c2ncccn2)cc1. The van der Waals surface area contributed by atoms with Gasteiger partial charge in [0.05, 0.1) is 11.9 Å². The molecule has 4 nitrogen and oxygen atoms in total. The van der Waals surface area contributed by atoms with Gasteiger partial charge in [0.2, 0.25) is 0 Å². The second-order valence-corrected chi connectivity index (χ2v) is 4.04. The molecular weight excluding hydrogens is 224 g/mol. The van der Waals surface area contributed by atoms with Crippen LogP contribution in [0.5, 0.6) is 0 Å². The molecule has 0 amide bonds. The van der Waals surface area contributed by atoms with Crippen molar-refractivity contribution in [2.75, 3.05) is 0 Å². The van der Waals surface area contributed by atoms with Crippen LogP contribution in [0.4, 0.5) is 0 Å². The normalized spacial score (nSPS) is 10.5. The molecule has 0 aliphatic carbocycles. The molecule has 88 valence electrons. The fourth-order valence-corrected chi connectivity index (χ4v) is 1.80. The highest BCUT2D eigenvalue weighted by molar-refractivity contribution is 5.53. The molecule has 0 unspecified atom stereocenters. The molecule has 3 rings (SSSR count). The smallest absolute Gasteiger partial charge is 0.178 e. The average Bonchev–Trinajstić information content (AvgIpc) is 2.90. The fourth-order valence-electron chi connectivity index (χ4n) is 1.80. The maximum Gasteiger partial charge on any atom is 0.178 e. The summed E-state index contributed by atoms with van der Waals surface area (Å²) in [5, 5.41) is 4.33. The predicted molar refractivity (Wildman–Crippen MR) is 69.3 cm³/mol. The molecule has 2 heterocycles. The van der Waals surface area contributed by atoms with Crippen molar-refractivity contribution in [3.63, 3.8) is 0 Å². The van der Waals surface area contributed by atoms with Crippen LogP contribution in [0.25, 0.3) is 17.2 Å². The topological polar surface area (TPSA) is 43.6 Å². The van der Waals surface area contributed by atoms with Gasteiger partial charge in [0.15, 0.2) is 5.82 Å². The maximum absolute atomic E-state index is 4.33. The summed E-state index contributed by atoms with van der Waals surface area (Å²) in [6.07, 6.45) is 5.22. The maximum atomic E-state index is 4.33. The zero-order valence-corrected chi connectivity index (χ0v) is 9.99. The molecule has 4 heteroatoms. The van der Waals surface area contributed by atoms with E-state index < -0.39 is 0 Å². The van der Waals surface area contributed by atoms with Gasteiger partial charge in [0.25, 0.3) is 0 Å². The standard InChI is InChI=1S/C14H12N4/c1-11-3-5-12(6-4-11)18-13(7-10-17-18)14-15-8-2-9-16-14/h2-10H,1H3. The van der Waals surface area contributed by atoms with Gasteiger partial charge in [-0.25, -0.2) is 14.6 Å². The van der Waals surface area contributed by atoms with Crippen LogP contribution >= 0.6 is 0 Å². The monoisotopic (exact) mass is 236 g/mol. The quantitative estimate of drug-likeness (QED) is 0.687. The van der Waals surface area contributed by atoms with Gasteiger partial charge in [-0.2, -0.15) is 5.10 Å². The first-order valence-electron chi connectivity index (χ1n) is 5.73. The van der Waals surface area contributed by atoms with Crippen molar-refractivity contribution in [3.8, 4) is 17.2 Å². The molecule has 0 fully saturated rings. The first-order valence-corrected chi connectivity index (χ1v) is 5.73. The Kier molecular flexibility index (Phi) is 2.61. The van der Waals surface area contributed by atoms with Gasteiger partial charge in [-0.3, -0.25) is 0 Å². The van der Waals surface area contributed by atoms with Crippen LogP contribution in [-0.2, 0) is 0 Å². The summed E-state index contributed by atoms with van der Waals surface area (Å²) in [5.41, 5.74) is 3.12. The van der Waals surface area contributed by atoms with E-state index in [-0.39, 0.29) is 0 Å². The van der Waals surface area contributed by atoms with Crippen LogP contribution in [0.15, 0.2) is 55.0 Å². The Labute approximate surface area is 105 Å². The highest BCUT2D eigenvalue weighted by atomic mass is 15.3. The number of hydrogen-bond acceptors (Lipinski definition) is 3. The van der Waals surface area contributed by atoms with Crippen molar-refractivity contribution in [2.24, 2.45) is 0 Å². The molecule has 18 heavy (non-hydrogen) atoms. The fraction of sp³-hybridized carbons (Fsp3) is 0.0714. The van der Waals surface area contributed by atoms with Gasteiger partial charge in [-0.1, -0.05) is 17.7 Å². The van der Waals surface area contributed by atoms with E-state index in [2.05, 4.69) is 34.1 Å². The largest absolute Gasteiger partial charge is 0.235 e. The van der Waals surface area contributed by atoms with Crippen molar-refractivity contribution >= 4 is 0 Å². The van der Waals surface area contributed by atoms with E-state index in [1.165, 1.54) is 5.56 Å². The van der Waals surface area contributed by atoms with Crippen molar-refractivity contribution in [3.05, 3.63) is 60.6 Å². The van der Waals surface area contributed by atoms with E-state index in [0.29, 0.717) is 5.82 Å². The molecule has 3 aromatic rings. The van der Waals surface area contributed by atoms with Crippen LogP contribution < -0.4 is 0 Å². The summed E-state index contributed by atoms with van der Waals surface area (Å²) < 4.78 is 1.84. The van der Waals surface area contributed by atoms with E-state index >= 15 is 0 Å². The Morgan fingerprint density at radius 1 is 0.889 bits per heavy atom. The Balaban J connectivity index is 2.10. The van der Waals surface area contributed by atoms with Crippen molar-refractivity contribution < 1.29 is 0 Å². The Morgan fingerprint density at radius 3 is 2.33 bits per heavy atom. The van der Waals surface area contributed by atoms with Crippen LogP contribution in [0.2, 0.25) is 0 Å². The lowest BCUT2D eigenvalue weighted by Gasteiger charge is -2.06. The lowest BCUT2D eigenvalue weighted by Crippen LogP contribution is -2.00. The average molecular weight is 236 g/mol. The van der Waals surface area contributed by atoms with Gasteiger partial charge in [0.1, 0.15) is 5.69 Å². The molecule has 1 aromatic carbocycles. The summed E-state index contributed by atoms with van der Waals surface area (Å²) in [7, 11) is 0. The lowest BCUT2D eigenvalue weighted by molar-refractivity contribution is 0.877. The first kappa shape index (κ1) is 10.7. The minimum Gasteiger partial charge on any atom is -0.235 e. The van der Waals surface area contributed by atoms with Crippen LogP contribution in [0.1, 0.15) is 5.56 Å². The molecule has 2 aromatic heterocycles. The van der Waals surface area contributed by atoms with Gasteiger partial charge < -0.3 is 0 Å². The first-order chi connectivity index (χ1) is 8.84. The second-order valence-electron chi connectivity index (χ2n) is 4.04. The third-order valence-corrected chi connectivity index (χ3v) is 2.72. The number of rotatable bonds is 2. The van der Waals surface area contributed by atoms with Gasteiger partial charge in [0, 0.05) is 12.4 Å². The molecule has 0 saturated carbocycles. The van der Waals surface area contributed by atoms with Gasteiger partial charge in [-0.05, 0) is 31.2 Å². The summed E-state index contributed by atoms with van der Waals surface area (Å²) in [5.74, 6) is 0.676. The molecule has 0 radical (unpaired) electrons. The highest BCUT2D eigenvalue weighted by Crippen LogP contribution is 2.18. The summed E-state index contributed by atoms with van der Waals surface area (Å²) in [4.78, 5) is 8.51. The Morgan fingerprint density at radius 2 is 1.61 bits per heavy atom. The van der Waals surface area contributed by atoms with E-state index in [0.717, 1.165) is 11.4 Å². The summed E-state index contributed by atoms with van der Waals surface area (Å²) >= 11 is 0. The van der Waals surface area contributed by atoms with Crippen molar-refractivity contribution in [1.29, 1.82) is 0 Å². The van der Waals surface area contributed by atoms with Crippen LogP contribution in [0.3, 0.4) is 0 Å². The van der Waals surface area contributed by atoms with Crippen LogP contribution in [0, 0.1) is 6.92 Å². The van der Waals surface area contributed by atoms with Crippen molar-refractivity contribution in [1.82, 2.24) is 19.7 Å². The molecule has 0 saturated heterocycles. The number of hydrogen-bond donors (Lipinski definition) is 0. The molecule has 0 spiro atoms. The highest BCUT2D eigenvalue weighted by Gasteiger charge is 2.08. The number of aromatic nitrogens is 4. The zero-order valence-electron chi connectivity index (χ0n) is 9.99. The molecule has 0 atom stereocenters. The number of benzene rings is 1. The Hall–Kier alpha value is -2.49. The molecule has 0 bridgehead atoms. The summed E-state index contributed by atoms with van der Waals surface area (Å²) in [6.45, 7) is 2.06. The zero-order chi connectivity index (χ0) is 12.4. The van der Waals surface area contributed by atoms with E-state index in [4.69, 9.17) is 0 Å². The third kappa shape index (κ3) is 1.88. The van der Waals surface area contributed by atoms with Gasteiger partial charge >= 0.3 is 0 Å². The van der Waals surface area contributed by atoms with Gasteiger partial charge in [-0.15, -0.1) is 0 Å². The molecule has 0 aliphatic heterocycles. The molecule has 0 N–H and O–H groups in total. The predicted octanol–water partition coefficient (Wildman–Crippen LogP) is 2.64. The second kappa shape index (κ2) is 4.41. The lowest BCUT2D eigenvalue weighted by atomic mass is 10.2. The van der Waals surface area contributed by atoms with E-state index in [1.54, 1.807) is 24.7 Å². The van der Waals surface area contributed by atoms with E-state index in [1.807, 2.05) is 22.9 Å². The third-order valence-electron chi connectivity index (χ3n) is 2.72. The Bertz CT molecular complexity index is 641.